The van der Waals surface area contributed by atoms with E-state index in [-0.39, 0.29) is 29.7 Å². The Labute approximate surface area is 177 Å². The van der Waals surface area contributed by atoms with E-state index in [1.807, 2.05) is 6.92 Å². The Balaban J connectivity index is 0.00000625. The zero-order valence-corrected chi connectivity index (χ0v) is 20.3. The van der Waals surface area contributed by atoms with Gasteiger partial charge in [-0.15, -0.1) is 24.0 Å². The Morgan fingerprint density at radius 1 is 1.19 bits per heavy atom. The van der Waals surface area contributed by atoms with Crippen molar-refractivity contribution in [3.05, 3.63) is 0 Å². The monoisotopic (exact) mass is 502 g/mol. The molecule has 156 valence electrons. The van der Waals surface area contributed by atoms with Gasteiger partial charge in [-0.1, -0.05) is 6.92 Å². The minimum Gasteiger partial charge on any atom is -0.357 e. The van der Waals surface area contributed by atoms with Gasteiger partial charge in [-0.3, -0.25) is 4.99 Å². The quantitative estimate of drug-likeness (QED) is 0.231. The van der Waals surface area contributed by atoms with Gasteiger partial charge < -0.3 is 15.5 Å². The van der Waals surface area contributed by atoms with E-state index >= 15 is 0 Å². The van der Waals surface area contributed by atoms with E-state index in [9.17, 15) is 8.42 Å². The van der Waals surface area contributed by atoms with Crippen LogP contribution in [0, 0.1) is 5.92 Å². The van der Waals surface area contributed by atoms with E-state index in [1.54, 1.807) is 20.8 Å². The molecule has 0 radical (unpaired) electrons. The van der Waals surface area contributed by atoms with Gasteiger partial charge in [0.1, 0.15) is 0 Å². The Kier molecular flexibility index (Phi) is 12.3. The SMILES string of the molecule is CCNC(=NCCCN1CCC(C)CC1)NCCS(=O)(=O)C(C)(C)C.I. The molecule has 0 aromatic rings. The third kappa shape index (κ3) is 9.73. The summed E-state index contributed by atoms with van der Waals surface area (Å²) in [6.45, 7) is 15.0. The fraction of sp³-hybridized carbons (Fsp3) is 0.944. The molecule has 0 aromatic heterocycles. The Hall–Kier alpha value is -0.0900. The molecule has 0 amide bonds. The van der Waals surface area contributed by atoms with Crippen LogP contribution in [0.1, 0.15) is 53.9 Å². The van der Waals surface area contributed by atoms with Crippen LogP contribution >= 0.6 is 24.0 Å². The van der Waals surface area contributed by atoms with Gasteiger partial charge in [-0.05, 0) is 72.5 Å². The fourth-order valence-corrected chi connectivity index (χ4v) is 3.71. The third-order valence-electron chi connectivity index (χ3n) is 4.72. The van der Waals surface area contributed by atoms with Crippen LogP contribution in [0.25, 0.3) is 0 Å². The molecule has 1 aliphatic rings. The molecule has 0 aromatic carbocycles. The number of guanidine groups is 1. The predicted molar refractivity (Wildman–Crippen MR) is 122 cm³/mol. The summed E-state index contributed by atoms with van der Waals surface area (Å²) >= 11 is 0. The van der Waals surface area contributed by atoms with Crippen molar-refractivity contribution in [3.8, 4) is 0 Å². The lowest BCUT2D eigenvalue weighted by Gasteiger charge is -2.29. The van der Waals surface area contributed by atoms with Crippen LogP contribution in [0.3, 0.4) is 0 Å². The van der Waals surface area contributed by atoms with Crippen LogP contribution in [-0.4, -0.2) is 69.0 Å². The number of sulfone groups is 1. The van der Waals surface area contributed by atoms with Crippen molar-refractivity contribution in [3.63, 3.8) is 0 Å². The number of halogens is 1. The summed E-state index contributed by atoms with van der Waals surface area (Å²) in [7, 11) is -3.10. The van der Waals surface area contributed by atoms with Crippen molar-refractivity contribution in [2.24, 2.45) is 10.9 Å². The molecular weight excluding hydrogens is 463 g/mol. The molecule has 0 aliphatic carbocycles. The Bertz CT molecular complexity index is 510. The number of hydrogen-bond acceptors (Lipinski definition) is 4. The second-order valence-corrected chi connectivity index (χ2v) is 10.9. The van der Waals surface area contributed by atoms with Gasteiger partial charge in [0, 0.05) is 19.6 Å². The van der Waals surface area contributed by atoms with Crippen molar-refractivity contribution in [1.29, 1.82) is 0 Å². The number of nitrogens with zero attached hydrogens (tertiary/aromatic N) is 2. The van der Waals surface area contributed by atoms with Crippen LogP contribution in [0.5, 0.6) is 0 Å². The average Bonchev–Trinajstić information content (AvgIpc) is 2.52. The molecule has 0 saturated carbocycles. The van der Waals surface area contributed by atoms with Crippen LogP contribution in [0.2, 0.25) is 0 Å². The maximum Gasteiger partial charge on any atom is 0.191 e. The molecule has 26 heavy (non-hydrogen) atoms. The summed E-state index contributed by atoms with van der Waals surface area (Å²) in [6.07, 6.45) is 3.64. The number of nitrogens with one attached hydrogen (secondary N) is 2. The Morgan fingerprint density at radius 2 is 1.81 bits per heavy atom. The first kappa shape index (κ1) is 25.9. The highest BCUT2D eigenvalue weighted by atomic mass is 127. The lowest BCUT2D eigenvalue weighted by Crippen LogP contribution is -2.42. The van der Waals surface area contributed by atoms with E-state index in [0.29, 0.717) is 12.5 Å². The third-order valence-corrected chi connectivity index (χ3v) is 7.33. The van der Waals surface area contributed by atoms with E-state index in [0.717, 1.165) is 32.0 Å². The summed E-state index contributed by atoms with van der Waals surface area (Å²) in [5, 5.41) is 6.32. The second-order valence-electron chi connectivity index (χ2n) is 8.00. The number of likely N-dealkylation sites (tertiary alicyclic amines) is 1. The van der Waals surface area contributed by atoms with Gasteiger partial charge in [0.2, 0.25) is 0 Å². The smallest absolute Gasteiger partial charge is 0.191 e. The number of aliphatic imine (C=N–C) groups is 1. The molecule has 0 bridgehead atoms. The minimum absolute atomic E-state index is 0. The molecule has 2 N–H and O–H groups in total. The normalized spacial score (nSPS) is 17.7. The lowest BCUT2D eigenvalue weighted by molar-refractivity contribution is 0.192. The first-order valence-electron chi connectivity index (χ1n) is 9.62. The number of piperidine rings is 1. The highest BCUT2D eigenvalue weighted by molar-refractivity contribution is 14.0. The molecule has 0 unspecified atom stereocenters. The van der Waals surface area contributed by atoms with E-state index in [1.165, 1.54) is 25.9 Å². The molecule has 8 heteroatoms. The van der Waals surface area contributed by atoms with Crippen molar-refractivity contribution in [2.45, 2.75) is 58.6 Å². The molecule has 1 heterocycles. The van der Waals surface area contributed by atoms with Gasteiger partial charge in [0.25, 0.3) is 0 Å². The van der Waals surface area contributed by atoms with Crippen LogP contribution in [0.15, 0.2) is 4.99 Å². The maximum absolute atomic E-state index is 12.1. The molecule has 1 aliphatic heterocycles. The van der Waals surface area contributed by atoms with Crippen LogP contribution in [-0.2, 0) is 9.84 Å². The van der Waals surface area contributed by atoms with E-state index < -0.39 is 14.6 Å². The molecular formula is C18H39IN4O2S. The first-order chi connectivity index (χ1) is 11.7. The molecule has 0 spiro atoms. The number of rotatable bonds is 8. The largest absolute Gasteiger partial charge is 0.357 e. The zero-order chi connectivity index (χ0) is 18.9. The van der Waals surface area contributed by atoms with Crippen molar-refractivity contribution >= 4 is 39.8 Å². The van der Waals surface area contributed by atoms with Crippen LogP contribution in [0.4, 0.5) is 0 Å². The lowest BCUT2D eigenvalue weighted by atomic mass is 9.99. The van der Waals surface area contributed by atoms with Gasteiger partial charge in [-0.25, -0.2) is 8.42 Å². The fourth-order valence-electron chi connectivity index (χ4n) is 2.72. The second kappa shape index (κ2) is 12.4. The number of hydrogen-bond donors (Lipinski definition) is 2. The Morgan fingerprint density at radius 3 is 2.35 bits per heavy atom. The summed E-state index contributed by atoms with van der Waals surface area (Å²) in [5.41, 5.74) is 0. The molecule has 1 rings (SSSR count). The van der Waals surface area contributed by atoms with Gasteiger partial charge in [0.15, 0.2) is 15.8 Å². The highest BCUT2D eigenvalue weighted by Gasteiger charge is 2.28. The van der Waals surface area contributed by atoms with Crippen LogP contribution < -0.4 is 10.6 Å². The highest BCUT2D eigenvalue weighted by Crippen LogP contribution is 2.16. The van der Waals surface area contributed by atoms with Crippen molar-refractivity contribution in [2.75, 3.05) is 45.0 Å². The van der Waals surface area contributed by atoms with Gasteiger partial charge in [-0.2, -0.15) is 0 Å². The molecule has 6 nitrogen and oxygen atoms in total. The van der Waals surface area contributed by atoms with Crippen molar-refractivity contribution in [1.82, 2.24) is 15.5 Å². The maximum atomic E-state index is 12.1. The van der Waals surface area contributed by atoms with E-state index in [2.05, 4.69) is 27.4 Å². The molecule has 0 atom stereocenters. The summed E-state index contributed by atoms with van der Waals surface area (Å²) in [6, 6.07) is 0. The summed E-state index contributed by atoms with van der Waals surface area (Å²) < 4.78 is 23.6. The zero-order valence-electron chi connectivity index (χ0n) is 17.2. The summed E-state index contributed by atoms with van der Waals surface area (Å²) in [4.78, 5) is 7.09. The topological polar surface area (TPSA) is 73.8 Å². The average molecular weight is 503 g/mol. The van der Waals surface area contributed by atoms with Gasteiger partial charge in [0.05, 0.1) is 10.5 Å². The van der Waals surface area contributed by atoms with E-state index in [4.69, 9.17) is 0 Å². The molecule has 1 saturated heterocycles. The van der Waals surface area contributed by atoms with Crippen molar-refractivity contribution < 1.29 is 8.42 Å². The predicted octanol–water partition coefficient (Wildman–Crippen LogP) is 2.49. The summed E-state index contributed by atoms with van der Waals surface area (Å²) in [5.74, 6) is 1.69. The standard InChI is InChI=1S/C18H38N4O2S.HI/c1-6-19-17(21-11-15-25(23,24)18(3,4)5)20-10-7-12-22-13-8-16(2)9-14-22;/h16H,6-15H2,1-5H3,(H2,19,20,21);1H. The van der Waals surface area contributed by atoms with Gasteiger partial charge >= 0.3 is 0 Å². The molecule has 1 fully saturated rings. The minimum atomic E-state index is -3.10. The first-order valence-corrected chi connectivity index (χ1v) is 11.3.